The normalized spacial score (nSPS) is 16.5. The molecule has 1 aromatic rings. The van der Waals surface area contributed by atoms with Crippen LogP contribution in [0.25, 0.3) is 0 Å². The summed E-state index contributed by atoms with van der Waals surface area (Å²) in [5.41, 5.74) is 1.98. The van der Waals surface area contributed by atoms with Crippen LogP contribution in [0.1, 0.15) is 54.9 Å². The van der Waals surface area contributed by atoms with Crippen LogP contribution in [-0.4, -0.2) is 48.4 Å². The van der Waals surface area contributed by atoms with Gasteiger partial charge >= 0.3 is 0 Å². The second-order valence-corrected chi connectivity index (χ2v) is 6.42. The number of benzene rings is 1. The molecular formula is C19H30N2O. The van der Waals surface area contributed by atoms with Crippen molar-refractivity contribution in [1.82, 2.24) is 9.80 Å². The fraction of sp³-hybridized carbons (Fsp3) is 0.632. The first-order valence-electron chi connectivity index (χ1n) is 8.79. The molecule has 1 aliphatic heterocycles. The van der Waals surface area contributed by atoms with Crippen molar-refractivity contribution in [3.8, 4) is 0 Å². The van der Waals surface area contributed by atoms with Gasteiger partial charge in [0.2, 0.25) is 0 Å². The van der Waals surface area contributed by atoms with E-state index in [9.17, 15) is 4.79 Å². The molecule has 0 aliphatic carbocycles. The Balaban J connectivity index is 1.83. The summed E-state index contributed by atoms with van der Waals surface area (Å²) in [5, 5.41) is 0. The molecule has 1 amide bonds. The number of hydrogen-bond donors (Lipinski definition) is 0. The number of aryl methyl sites for hydroxylation is 1. The van der Waals surface area contributed by atoms with E-state index in [1.165, 1.54) is 32.2 Å². The maximum atomic E-state index is 12.6. The van der Waals surface area contributed by atoms with Crippen molar-refractivity contribution in [2.24, 2.45) is 0 Å². The summed E-state index contributed by atoms with van der Waals surface area (Å²) in [7, 11) is 0. The van der Waals surface area contributed by atoms with Crippen molar-refractivity contribution in [3.63, 3.8) is 0 Å². The number of carbonyl (C=O) groups excluding carboxylic acids is 1. The number of nitrogens with zero attached hydrogens (tertiary/aromatic N) is 2. The van der Waals surface area contributed by atoms with Crippen molar-refractivity contribution in [2.45, 2.75) is 46.0 Å². The molecule has 0 saturated carbocycles. The molecule has 0 radical (unpaired) electrons. The van der Waals surface area contributed by atoms with E-state index in [0.717, 1.165) is 43.7 Å². The van der Waals surface area contributed by atoms with Crippen LogP contribution in [0.3, 0.4) is 0 Å². The predicted octanol–water partition coefficient (Wildman–Crippen LogP) is 3.72. The van der Waals surface area contributed by atoms with Gasteiger partial charge in [0, 0.05) is 25.2 Å². The number of carbonyl (C=O) groups is 1. The minimum absolute atomic E-state index is 0.191. The Kier molecular flexibility index (Phi) is 6.91. The van der Waals surface area contributed by atoms with E-state index in [4.69, 9.17) is 0 Å². The highest BCUT2D eigenvalue weighted by Gasteiger charge is 2.19. The third-order valence-electron chi connectivity index (χ3n) is 4.47. The highest BCUT2D eigenvalue weighted by Crippen LogP contribution is 2.12. The second kappa shape index (κ2) is 8.94. The lowest BCUT2D eigenvalue weighted by molar-refractivity contribution is 0.0761. The minimum atomic E-state index is 0.191. The third kappa shape index (κ3) is 5.13. The summed E-state index contributed by atoms with van der Waals surface area (Å²) < 4.78 is 0. The highest BCUT2D eigenvalue weighted by molar-refractivity contribution is 5.94. The van der Waals surface area contributed by atoms with Crippen LogP contribution < -0.4 is 0 Å². The quantitative estimate of drug-likeness (QED) is 0.748. The Hall–Kier alpha value is -1.35. The smallest absolute Gasteiger partial charge is 0.253 e. The molecule has 3 nitrogen and oxygen atoms in total. The first kappa shape index (κ1) is 17.0. The van der Waals surface area contributed by atoms with Crippen molar-refractivity contribution in [1.29, 1.82) is 0 Å². The van der Waals surface area contributed by atoms with Crippen LogP contribution in [0, 0.1) is 6.92 Å². The number of hydrogen-bond acceptors (Lipinski definition) is 2. The van der Waals surface area contributed by atoms with Gasteiger partial charge in [0.05, 0.1) is 0 Å². The van der Waals surface area contributed by atoms with Crippen molar-refractivity contribution in [3.05, 3.63) is 35.4 Å². The van der Waals surface area contributed by atoms with Gasteiger partial charge < -0.3 is 9.80 Å². The standard InChI is InChI=1S/C19H30N2O/c1-3-4-5-6-11-20-12-8-13-21(15-14-20)19(22)18-10-7-9-17(2)16-18/h7,9-10,16H,3-6,8,11-15H2,1-2H3. The molecule has 0 bridgehead atoms. The van der Waals surface area contributed by atoms with E-state index in [0.29, 0.717) is 0 Å². The molecule has 122 valence electrons. The molecule has 1 fully saturated rings. The molecule has 1 saturated heterocycles. The highest BCUT2D eigenvalue weighted by atomic mass is 16.2. The molecular weight excluding hydrogens is 272 g/mol. The van der Waals surface area contributed by atoms with Crippen LogP contribution in [0.15, 0.2) is 24.3 Å². The lowest BCUT2D eigenvalue weighted by atomic mass is 10.1. The maximum Gasteiger partial charge on any atom is 0.253 e. The largest absolute Gasteiger partial charge is 0.337 e. The summed E-state index contributed by atoms with van der Waals surface area (Å²) in [6.07, 6.45) is 6.34. The maximum absolute atomic E-state index is 12.6. The number of amides is 1. The van der Waals surface area contributed by atoms with Crippen molar-refractivity contribution >= 4 is 5.91 Å². The molecule has 0 atom stereocenters. The monoisotopic (exact) mass is 302 g/mol. The van der Waals surface area contributed by atoms with Gasteiger partial charge in [-0.1, -0.05) is 43.9 Å². The minimum Gasteiger partial charge on any atom is -0.337 e. The summed E-state index contributed by atoms with van der Waals surface area (Å²) in [6.45, 7) is 9.37. The molecule has 22 heavy (non-hydrogen) atoms. The summed E-state index contributed by atoms with van der Waals surface area (Å²) in [4.78, 5) is 17.2. The lowest BCUT2D eigenvalue weighted by Gasteiger charge is -2.22. The van der Waals surface area contributed by atoms with Gasteiger partial charge in [0.25, 0.3) is 5.91 Å². The molecule has 3 heteroatoms. The third-order valence-corrected chi connectivity index (χ3v) is 4.47. The topological polar surface area (TPSA) is 23.6 Å². The van der Waals surface area contributed by atoms with Gasteiger partial charge in [-0.05, 0) is 45.0 Å². The Morgan fingerprint density at radius 1 is 1.09 bits per heavy atom. The zero-order chi connectivity index (χ0) is 15.8. The van der Waals surface area contributed by atoms with Gasteiger partial charge in [0.1, 0.15) is 0 Å². The van der Waals surface area contributed by atoms with Gasteiger partial charge in [-0.2, -0.15) is 0 Å². The molecule has 1 aliphatic rings. The first-order valence-corrected chi connectivity index (χ1v) is 8.79. The summed E-state index contributed by atoms with van der Waals surface area (Å²) in [5.74, 6) is 0.191. The molecule has 0 spiro atoms. The van der Waals surface area contributed by atoms with E-state index < -0.39 is 0 Å². The van der Waals surface area contributed by atoms with E-state index in [1.54, 1.807) is 0 Å². The van der Waals surface area contributed by atoms with Crippen molar-refractivity contribution < 1.29 is 4.79 Å². The SMILES string of the molecule is CCCCCCN1CCCN(C(=O)c2cccc(C)c2)CC1. The fourth-order valence-corrected chi connectivity index (χ4v) is 3.12. The summed E-state index contributed by atoms with van der Waals surface area (Å²) >= 11 is 0. The molecule has 1 heterocycles. The van der Waals surface area contributed by atoms with Crippen LogP contribution in [0.4, 0.5) is 0 Å². The Bertz CT molecular complexity index is 472. The number of rotatable bonds is 6. The van der Waals surface area contributed by atoms with Gasteiger partial charge in [-0.15, -0.1) is 0 Å². The van der Waals surface area contributed by atoms with Crippen LogP contribution in [0.2, 0.25) is 0 Å². The summed E-state index contributed by atoms with van der Waals surface area (Å²) in [6, 6.07) is 7.94. The van der Waals surface area contributed by atoms with E-state index in [2.05, 4.69) is 11.8 Å². The zero-order valence-corrected chi connectivity index (χ0v) is 14.2. The fourth-order valence-electron chi connectivity index (χ4n) is 3.12. The van der Waals surface area contributed by atoms with Gasteiger partial charge in [0.15, 0.2) is 0 Å². The van der Waals surface area contributed by atoms with E-state index >= 15 is 0 Å². The molecule has 0 N–H and O–H groups in total. The average Bonchev–Trinajstić information content (AvgIpc) is 2.76. The van der Waals surface area contributed by atoms with Gasteiger partial charge in [-0.25, -0.2) is 0 Å². The Labute approximate surface area is 135 Å². The Morgan fingerprint density at radius 3 is 2.73 bits per heavy atom. The average molecular weight is 302 g/mol. The van der Waals surface area contributed by atoms with Crippen molar-refractivity contribution in [2.75, 3.05) is 32.7 Å². The van der Waals surface area contributed by atoms with Crippen LogP contribution >= 0.6 is 0 Å². The second-order valence-electron chi connectivity index (χ2n) is 6.42. The predicted molar refractivity (Wildman–Crippen MR) is 92.3 cm³/mol. The number of unbranched alkanes of at least 4 members (excludes halogenated alkanes) is 3. The van der Waals surface area contributed by atoms with E-state index in [1.807, 2.05) is 36.1 Å². The van der Waals surface area contributed by atoms with Gasteiger partial charge in [-0.3, -0.25) is 4.79 Å². The Morgan fingerprint density at radius 2 is 1.95 bits per heavy atom. The first-order chi connectivity index (χ1) is 10.7. The lowest BCUT2D eigenvalue weighted by Crippen LogP contribution is -2.35. The molecule has 1 aromatic carbocycles. The molecule has 0 unspecified atom stereocenters. The molecule has 2 rings (SSSR count). The molecule has 0 aromatic heterocycles. The van der Waals surface area contributed by atoms with E-state index in [-0.39, 0.29) is 5.91 Å². The van der Waals surface area contributed by atoms with Crippen LogP contribution in [-0.2, 0) is 0 Å². The zero-order valence-electron chi connectivity index (χ0n) is 14.2. The van der Waals surface area contributed by atoms with Crippen LogP contribution in [0.5, 0.6) is 0 Å².